The van der Waals surface area contributed by atoms with Gasteiger partial charge in [0.1, 0.15) is 10.4 Å². The highest BCUT2D eigenvalue weighted by Crippen LogP contribution is 2.32. The Balaban J connectivity index is 1.73. The molecule has 5 nitrogen and oxygen atoms in total. The van der Waals surface area contributed by atoms with E-state index in [4.69, 9.17) is 10.5 Å². The maximum absolute atomic E-state index is 12.4. The van der Waals surface area contributed by atoms with E-state index in [1.807, 2.05) is 12.1 Å². The Hall–Kier alpha value is -1.66. The molecule has 1 aliphatic rings. The summed E-state index contributed by atoms with van der Waals surface area (Å²) in [6.07, 6.45) is 3.63. The second kappa shape index (κ2) is 5.61. The molecule has 3 N–H and O–H groups in total. The zero-order chi connectivity index (χ0) is 14.9. The van der Waals surface area contributed by atoms with Crippen LogP contribution in [0.25, 0.3) is 10.2 Å². The Morgan fingerprint density at radius 2 is 2.29 bits per heavy atom. The lowest BCUT2D eigenvalue weighted by Crippen LogP contribution is -2.39. The fourth-order valence-corrected chi connectivity index (χ4v) is 3.53. The number of rotatable bonds is 3. The van der Waals surface area contributed by atoms with Crippen LogP contribution in [-0.4, -0.2) is 30.6 Å². The minimum Gasteiger partial charge on any atom is -0.396 e. The van der Waals surface area contributed by atoms with Gasteiger partial charge in [-0.05, 0) is 30.4 Å². The van der Waals surface area contributed by atoms with Gasteiger partial charge in [-0.3, -0.25) is 9.78 Å². The van der Waals surface area contributed by atoms with Crippen LogP contribution in [0, 0.1) is 5.41 Å². The van der Waals surface area contributed by atoms with E-state index in [0.717, 1.165) is 30.8 Å². The summed E-state index contributed by atoms with van der Waals surface area (Å²) in [4.78, 5) is 17.2. The first kappa shape index (κ1) is 14.3. The predicted molar refractivity (Wildman–Crippen MR) is 84.5 cm³/mol. The smallest absolute Gasteiger partial charge is 0.263 e. The molecule has 21 heavy (non-hydrogen) atoms. The number of nitrogens with two attached hydrogens (primary N) is 1. The lowest BCUT2D eigenvalue weighted by molar-refractivity contribution is 0.0239. The molecule has 0 saturated carbocycles. The summed E-state index contributed by atoms with van der Waals surface area (Å²) in [7, 11) is 0. The number of aromatic nitrogens is 1. The number of ether oxygens (including phenoxy) is 1. The van der Waals surface area contributed by atoms with Gasteiger partial charge in [-0.15, -0.1) is 11.3 Å². The zero-order valence-corrected chi connectivity index (χ0v) is 12.8. The molecule has 2 aromatic rings. The first-order valence-corrected chi connectivity index (χ1v) is 7.90. The first-order valence-electron chi connectivity index (χ1n) is 7.08. The summed E-state index contributed by atoms with van der Waals surface area (Å²) < 4.78 is 6.32. The number of nitrogens with zero attached hydrogens (tertiary/aromatic N) is 1. The molecule has 2 aromatic heterocycles. The van der Waals surface area contributed by atoms with Gasteiger partial charge in [0.2, 0.25) is 0 Å². The Kier molecular flexibility index (Phi) is 3.82. The predicted octanol–water partition coefficient (Wildman–Crippen LogP) is 2.43. The number of nitrogens with one attached hydrogen (secondary N) is 1. The van der Waals surface area contributed by atoms with Crippen molar-refractivity contribution in [2.45, 2.75) is 19.8 Å². The quantitative estimate of drug-likeness (QED) is 0.913. The Morgan fingerprint density at radius 1 is 1.52 bits per heavy atom. The molecule has 0 aromatic carbocycles. The van der Waals surface area contributed by atoms with Gasteiger partial charge in [0, 0.05) is 26.0 Å². The van der Waals surface area contributed by atoms with E-state index in [1.54, 1.807) is 6.20 Å². The molecule has 0 spiro atoms. The van der Waals surface area contributed by atoms with E-state index in [1.165, 1.54) is 11.3 Å². The zero-order valence-electron chi connectivity index (χ0n) is 12.0. The number of anilines is 1. The second-order valence-electron chi connectivity index (χ2n) is 5.80. The number of hydrogen-bond acceptors (Lipinski definition) is 5. The number of carbonyl (C=O) groups is 1. The van der Waals surface area contributed by atoms with E-state index in [9.17, 15) is 4.79 Å². The van der Waals surface area contributed by atoms with Crippen molar-refractivity contribution in [1.82, 2.24) is 10.3 Å². The average Bonchev–Trinajstić information content (AvgIpc) is 2.84. The summed E-state index contributed by atoms with van der Waals surface area (Å²) in [6.45, 7) is 4.37. The largest absolute Gasteiger partial charge is 0.396 e. The highest BCUT2D eigenvalue weighted by molar-refractivity contribution is 7.21. The summed E-state index contributed by atoms with van der Waals surface area (Å²) >= 11 is 1.39. The van der Waals surface area contributed by atoms with Gasteiger partial charge in [0.25, 0.3) is 5.91 Å². The molecule has 0 bridgehead atoms. The first-order chi connectivity index (χ1) is 10.1. The molecule has 6 heteroatoms. The molecule has 1 amide bonds. The molecule has 1 aliphatic heterocycles. The van der Waals surface area contributed by atoms with Crippen molar-refractivity contribution >= 4 is 33.1 Å². The third-order valence-corrected chi connectivity index (χ3v) is 5.22. The van der Waals surface area contributed by atoms with Crippen LogP contribution in [-0.2, 0) is 4.74 Å². The van der Waals surface area contributed by atoms with Gasteiger partial charge in [0.05, 0.1) is 10.4 Å². The molecule has 1 fully saturated rings. The maximum atomic E-state index is 12.4. The minimum absolute atomic E-state index is 0.108. The van der Waals surface area contributed by atoms with Crippen molar-refractivity contribution in [1.29, 1.82) is 0 Å². The van der Waals surface area contributed by atoms with Gasteiger partial charge in [-0.2, -0.15) is 0 Å². The van der Waals surface area contributed by atoms with E-state index < -0.39 is 0 Å². The van der Waals surface area contributed by atoms with E-state index in [-0.39, 0.29) is 11.3 Å². The summed E-state index contributed by atoms with van der Waals surface area (Å²) in [5.74, 6) is -0.108. The number of hydrogen-bond donors (Lipinski definition) is 2. The van der Waals surface area contributed by atoms with Crippen LogP contribution in [0.1, 0.15) is 29.4 Å². The molecular weight excluding hydrogens is 286 g/mol. The van der Waals surface area contributed by atoms with Crippen molar-refractivity contribution < 1.29 is 9.53 Å². The number of thiophene rings is 1. The van der Waals surface area contributed by atoms with Gasteiger partial charge in [-0.25, -0.2) is 0 Å². The van der Waals surface area contributed by atoms with Crippen LogP contribution in [0.5, 0.6) is 0 Å². The SMILES string of the molecule is CC1(CNC(=O)c2sc3cccnc3c2N)CCOCC1. The third kappa shape index (κ3) is 2.87. The van der Waals surface area contributed by atoms with Crippen LogP contribution in [0.4, 0.5) is 5.69 Å². The van der Waals surface area contributed by atoms with Crippen molar-refractivity contribution in [3.05, 3.63) is 23.2 Å². The van der Waals surface area contributed by atoms with E-state index in [0.29, 0.717) is 22.6 Å². The Labute approximate surface area is 127 Å². The van der Waals surface area contributed by atoms with E-state index in [2.05, 4.69) is 17.2 Å². The fraction of sp³-hybridized carbons (Fsp3) is 0.467. The molecule has 0 radical (unpaired) electrons. The number of nitrogen functional groups attached to an aromatic ring is 1. The third-order valence-electron chi connectivity index (χ3n) is 4.06. The Morgan fingerprint density at radius 3 is 3.00 bits per heavy atom. The molecule has 3 heterocycles. The molecule has 3 rings (SSSR count). The molecule has 0 unspecified atom stereocenters. The number of amides is 1. The minimum atomic E-state index is -0.108. The van der Waals surface area contributed by atoms with Crippen LogP contribution in [0.3, 0.4) is 0 Å². The molecule has 112 valence electrons. The monoisotopic (exact) mass is 305 g/mol. The van der Waals surface area contributed by atoms with Crippen molar-refractivity contribution in [2.24, 2.45) is 5.41 Å². The second-order valence-corrected chi connectivity index (χ2v) is 6.85. The van der Waals surface area contributed by atoms with Gasteiger partial charge in [0.15, 0.2) is 0 Å². The molecule has 0 atom stereocenters. The summed E-state index contributed by atoms with van der Waals surface area (Å²) in [5.41, 5.74) is 7.35. The standard InChI is InChI=1S/C15H19N3O2S/c1-15(4-7-20-8-5-15)9-18-14(19)13-11(16)12-10(21-13)3-2-6-17-12/h2-3,6H,4-5,7-9,16H2,1H3,(H,18,19). The number of pyridine rings is 1. The lowest BCUT2D eigenvalue weighted by Gasteiger charge is -2.33. The van der Waals surface area contributed by atoms with Crippen molar-refractivity contribution in [3.8, 4) is 0 Å². The summed E-state index contributed by atoms with van der Waals surface area (Å²) in [5, 5.41) is 3.02. The highest BCUT2D eigenvalue weighted by atomic mass is 32.1. The van der Waals surface area contributed by atoms with Crippen molar-refractivity contribution in [3.63, 3.8) is 0 Å². The fourth-order valence-electron chi connectivity index (χ4n) is 2.53. The summed E-state index contributed by atoms with van der Waals surface area (Å²) in [6, 6.07) is 3.78. The van der Waals surface area contributed by atoms with E-state index >= 15 is 0 Å². The number of fused-ring (bicyclic) bond motifs is 1. The van der Waals surface area contributed by atoms with Crippen LogP contribution in [0.2, 0.25) is 0 Å². The Bertz CT molecular complexity index is 662. The molecular formula is C15H19N3O2S. The highest BCUT2D eigenvalue weighted by Gasteiger charge is 2.28. The van der Waals surface area contributed by atoms with Crippen LogP contribution < -0.4 is 11.1 Å². The average molecular weight is 305 g/mol. The number of carbonyl (C=O) groups excluding carboxylic acids is 1. The molecule has 0 aliphatic carbocycles. The lowest BCUT2D eigenvalue weighted by atomic mass is 9.82. The normalized spacial score (nSPS) is 17.8. The van der Waals surface area contributed by atoms with Crippen molar-refractivity contribution in [2.75, 3.05) is 25.5 Å². The maximum Gasteiger partial charge on any atom is 0.263 e. The van der Waals surface area contributed by atoms with Crippen LogP contribution in [0.15, 0.2) is 18.3 Å². The molecule has 1 saturated heterocycles. The van der Waals surface area contributed by atoms with Gasteiger partial charge < -0.3 is 15.8 Å². The van der Waals surface area contributed by atoms with Gasteiger partial charge in [-0.1, -0.05) is 6.92 Å². The van der Waals surface area contributed by atoms with Crippen LogP contribution >= 0.6 is 11.3 Å². The van der Waals surface area contributed by atoms with Gasteiger partial charge >= 0.3 is 0 Å². The topological polar surface area (TPSA) is 77.2 Å².